The third kappa shape index (κ3) is 3.75. The Kier molecular flexibility index (Phi) is 5.02. The number of benzene rings is 2. The number of carbonyl (C=O) groups is 1. The number of carbonyl (C=O) groups excluding carboxylic acids is 1. The zero-order chi connectivity index (χ0) is 18.5. The minimum atomic E-state index is -0.641. The van der Waals surface area contributed by atoms with Gasteiger partial charge in [-0.3, -0.25) is 19.5 Å². The first-order valence-corrected chi connectivity index (χ1v) is 7.92. The number of aromatic nitrogens is 2. The molecule has 0 unspecified atom stereocenters. The van der Waals surface area contributed by atoms with Crippen molar-refractivity contribution in [3.63, 3.8) is 0 Å². The van der Waals surface area contributed by atoms with Crippen LogP contribution in [0.15, 0.2) is 59.7 Å². The van der Waals surface area contributed by atoms with E-state index >= 15 is 0 Å². The second kappa shape index (κ2) is 7.56. The number of para-hydroxylation sites is 1. The normalized spacial score (nSPS) is 10.6. The summed E-state index contributed by atoms with van der Waals surface area (Å²) in [5, 5.41) is 11.3. The predicted octanol–water partition coefficient (Wildman–Crippen LogP) is 2.55. The lowest BCUT2D eigenvalue weighted by Gasteiger charge is -2.07. The molecule has 0 N–H and O–H groups in total. The largest absolute Gasteiger partial charge is 0.462 e. The molecule has 8 nitrogen and oxygen atoms in total. The van der Waals surface area contributed by atoms with Crippen molar-refractivity contribution in [3.8, 4) is 0 Å². The van der Waals surface area contributed by atoms with Crippen LogP contribution in [-0.2, 0) is 11.3 Å². The molecule has 0 atom stereocenters. The van der Waals surface area contributed by atoms with E-state index in [1.54, 1.807) is 18.2 Å². The van der Waals surface area contributed by atoms with Crippen molar-refractivity contribution >= 4 is 22.6 Å². The van der Waals surface area contributed by atoms with Crippen LogP contribution in [0.4, 0.5) is 5.69 Å². The summed E-state index contributed by atoms with van der Waals surface area (Å²) in [6.07, 6.45) is 1.88. The van der Waals surface area contributed by atoms with Crippen molar-refractivity contribution in [1.29, 1.82) is 0 Å². The van der Waals surface area contributed by atoms with Gasteiger partial charge in [0.25, 0.3) is 11.2 Å². The Bertz CT molecular complexity index is 1030. The van der Waals surface area contributed by atoms with Crippen LogP contribution in [0.25, 0.3) is 10.9 Å². The van der Waals surface area contributed by atoms with Crippen LogP contribution in [-0.4, -0.2) is 27.1 Å². The summed E-state index contributed by atoms with van der Waals surface area (Å²) in [5.41, 5.74) is 0.420. The highest BCUT2D eigenvalue weighted by Crippen LogP contribution is 2.14. The first-order valence-electron chi connectivity index (χ1n) is 7.92. The lowest BCUT2D eigenvalue weighted by atomic mass is 10.2. The van der Waals surface area contributed by atoms with E-state index < -0.39 is 10.9 Å². The first-order chi connectivity index (χ1) is 12.6. The third-order valence-electron chi connectivity index (χ3n) is 3.80. The number of nitro benzene ring substituents is 1. The fourth-order valence-corrected chi connectivity index (χ4v) is 2.49. The molecule has 0 saturated heterocycles. The molecular formula is C18H15N3O5. The van der Waals surface area contributed by atoms with Gasteiger partial charge in [-0.25, -0.2) is 9.78 Å². The fourth-order valence-electron chi connectivity index (χ4n) is 2.49. The number of rotatable bonds is 6. The topological polar surface area (TPSA) is 104 Å². The minimum absolute atomic E-state index is 0.0841. The van der Waals surface area contributed by atoms with Crippen LogP contribution in [0.2, 0.25) is 0 Å². The second-order valence-electron chi connectivity index (χ2n) is 5.56. The number of ether oxygens (including phenoxy) is 1. The summed E-state index contributed by atoms with van der Waals surface area (Å²) < 4.78 is 6.58. The fraction of sp³-hybridized carbons (Fsp3) is 0.167. The quantitative estimate of drug-likeness (QED) is 0.292. The number of nitrogens with zero attached hydrogens (tertiary/aromatic N) is 3. The van der Waals surface area contributed by atoms with Gasteiger partial charge in [0.05, 0.1) is 34.3 Å². The van der Waals surface area contributed by atoms with Crippen LogP contribution in [0.1, 0.15) is 16.8 Å². The maximum atomic E-state index is 12.3. The molecule has 0 amide bonds. The summed E-state index contributed by atoms with van der Waals surface area (Å²) in [6.45, 7) is 0.430. The Hall–Kier alpha value is -3.55. The summed E-state index contributed by atoms with van der Waals surface area (Å²) in [4.78, 5) is 38.7. The summed E-state index contributed by atoms with van der Waals surface area (Å²) >= 11 is 0. The molecule has 0 saturated carbocycles. The highest BCUT2D eigenvalue weighted by Gasteiger charge is 2.12. The van der Waals surface area contributed by atoms with Crippen molar-refractivity contribution in [2.75, 3.05) is 6.61 Å². The second-order valence-corrected chi connectivity index (χ2v) is 5.56. The molecule has 0 radical (unpaired) electrons. The molecule has 0 fully saturated rings. The molecule has 0 aliphatic heterocycles. The Balaban J connectivity index is 1.58. The molecule has 0 aliphatic carbocycles. The molecule has 8 heteroatoms. The number of esters is 1. The zero-order valence-corrected chi connectivity index (χ0v) is 13.7. The molecular weight excluding hydrogens is 338 g/mol. The van der Waals surface area contributed by atoms with E-state index in [4.69, 9.17) is 4.74 Å². The highest BCUT2D eigenvalue weighted by molar-refractivity contribution is 5.90. The summed E-state index contributed by atoms with van der Waals surface area (Å²) in [6, 6.07) is 12.4. The van der Waals surface area contributed by atoms with Crippen molar-refractivity contribution < 1.29 is 14.5 Å². The molecule has 0 aliphatic rings. The van der Waals surface area contributed by atoms with Crippen molar-refractivity contribution in [3.05, 3.63) is 80.9 Å². The van der Waals surface area contributed by atoms with E-state index in [0.29, 0.717) is 23.9 Å². The summed E-state index contributed by atoms with van der Waals surface area (Å²) in [7, 11) is 0. The van der Waals surface area contributed by atoms with E-state index in [1.165, 1.54) is 35.2 Å². The maximum Gasteiger partial charge on any atom is 0.338 e. The third-order valence-corrected chi connectivity index (χ3v) is 3.80. The first kappa shape index (κ1) is 17.3. The maximum absolute atomic E-state index is 12.3. The summed E-state index contributed by atoms with van der Waals surface area (Å²) in [5.74, 6) is -0.641. The smallest absolute Gasteiger partial charge is 0.338 e. The van der Waals surface area contributed by atoms with Gasteiger partial charge in [-0.05, 0) is 24.6 Å². The van der Waals surface area contributed by atoms with E-state index in [1.807, 2.05) is 6.07 Å². The minimum Gasteiger partial charge on any atom is -0.462 e. The van der Waals surface area contributed by atoms with E-state index in [0.717, 1.165) is 0 Å². The standard InChI is InChI=1S/C18H15N3O5/c22-17-15-7-1-2-8-16(15)19-12-20(17)9-4-10-26-18(23)13-5-3-6-14(11-13)21(24)25/h1-3,5-8,11-12H,4,9-10H2. The van der Waals surface area contributed by atoms with Crippen LogP contribution in [0, 0.1) is 10.1 Å². The van der Waals surface area contributed by atoms with Crippen LogP contribution < -0.4 is 5.56 Å². The number of hydrogen-bond donors (Lipinski definition) is 0. The Morgan fingerprint density at radius 2 is 2.00 bits per heavy atom. The number of hydrogen-bond acceptors (Lipinski definition) is 6. The van der Waals surface area contributed by atoms with Crippen LogP contribution in [0.3, 0.4) is 0 Å². The monoisotopic (exact) mass is 353 g/mol. The van der Waals surface area contributed by atoms with Gasteiger partial charge in [0.2, 0.25) is 0 Å². The SMILES string of the molecule is O=C(OCCCn1cnc2ccccc2c1=O)c1cccc([N+](=O)[O-])c1. The average Bonchev–Trinajstić information content (AvgIpc) is 2.67. The molecule has 0 bridgehead atoms. The van der Waals surface area contributed by atoms with Gasteiger partial charge in [-0.15, -0.1) is 0 Å². The number of nitro groups is 1. The molecule has 3 rings (SSSR count). The van der Waals surface area contributed by atoms with E-state index in [2.05, 4.69) is 4.98 Å². The zero-order valence-electron chi connectivity index (χ0n) is 13.7. The van der Waals surface area contributed by atoms with Crippen molar-refractivity contribution in [2.45, 2.75) is 13.0 Å². The van der Waals surface area contributed by atoms with Gasteiger partial charge in [-0.2, -0.15) is 0 Å². The molecule has 0 spiro atoms. The lowest BCUT2D eigenvalue weighted by molar-refractivity contribution is -0.384. The van der Waals surface area contributed by atoms with Gasteiger partial charge in [0, 0.05) is 18.7 Å². The molecule has 132 valence electrons. The molecule has 3 aromatic rings. The number of non-ortho nitro benzene ring substituents is 1. The van der Waals surface area contributed by atoms with Crippen molar-refractivity contribution in [2.24, 2.45) is 0 Å². The highest BCUT2D eigenvalue weighted by atomic mass is 16.6. The predicted molar refractivity (Wildman–Crippen MR) is 94.0 cm³/mol. The average molecular weight is 353 g/mol. The van der Waals surface area contributed by atoms with Crippen LogP contribution in [0.5, 0.6) is 0 Å². The van der Waals surface area contributed by atoms with Crippen molar-refractivity contribution in [1.82, 2.24) is 9.55 Å². The molecule has 2 aromatic carbocycles. The number of fused-ring (bicyclic) bond motifs is 1. The van der Waals surface area contributed by atoms with Gasteiger partial charge < -0.3 is 4.74 Å². The lowest BCUT2D eigenvalue weighted by Crippen LogP contribution is -2.21. The molecule has 26 heavy (non-hydrogen) atoms. The van der Waals surface area contributed by atoms with E-state index in [-0.39, 0.29) is 23.4 Å². The van der Waals surface area contributed by atoms with Gasteiger partial charge in [0.15, 0.2) is 0 Å². The molecule has 1 heterocycles. The Labute approximate surface area is 147 Å². The van der Waals surface area contributed by atoms with Gasteiger partial charge >= 0.3 is 5.97 Å². The number of aryl methyl sites for hydroxylation is 1. The molecule has 1 aromatic heterocycles. The Morgan fingerprint density at radius 1 is 1.19 bits per heavy atom. The van der Waals surface area contributed by atoms with Gasteiger partial charge in [-0.1, -0.05) is 18.2 Å². The Morgan fingerprint density at radius 3 is 2.81 bits per heavy atom. The van der Waals surface area contributed by atoms with Gasteiger partial charge in [0.1, 0.15) is 0 Å². The van der Waals surface area contributed by atoms with E-state index in [9.17, 15) is 19.7 Å². The van der Waals surface area contributed by atoms with Crippen LogP contribution >= 0.6 is 0 Å².